The molecule has 2 heterocycles. The molecule has 1 unspecified atom stereocenters. The first-order chi connectivity index (χ1) is 9.31. The molecule has 6 heteroatoms. The zero-order valence-corrected chi connectivity index (χ0v) is 12.8. The minimum atomic E-state index is -3.20. The predicted molar refractivity (Wildman–Crippen MR) is 78.4 cm³/mol. The van der Waals surface area contributed by atoms with Crippen LogP contribution in [0.2, 0.25) is 0 Å². The molecule has 1 saturated heterocycles. The van der Waals surface area contributed by atoms with E-state index in [1.807, 2.05) is 13.1 Å². The minimum absolute atomic E-state index is 0.126. The van der Waals surface area contributed by atoms with Gasteiger partial charge in [0.2, 0.25) is 0 Å². The summed E-state index contributed by atoms with van der Waals surface area (Å²) in [6.45, 7) is 3.15. The Morgan fingerprint density at radius 2 is 2.15 bits per heavy atom. The summed E-state index contributed by atoms with van der Waals surface area (Å²) in [6.07, 6.45) is 3.40. The second-order valence-electron chi connectivity index (χ2n) is 5.78. The van der Waals surface area contributed by atoms with Crippen LogP contribution in [0.1, 0.15) is 25.6 Å². The Balaban J connectivity index is 2.19. The molecular weight excluding hydrogens is 274 g/mol. The Bertz CT molecular complexity index is 771. The average Bonchev–Trinajstić information content (AvgIpc) is 2.94. The van der Waals surface area contributed by atoms with Crippen LogP contribution in [0.25, 0.3) is 11.0 Å². The van der Waals surface area contributed by atoms with E-state index < -0.39 is 9.84 Å². The maximum atomic E-state index is 11.6. The van der Waals surface area contributed by atoms with Crippen LogP contribution in [0, 0.1) is 0 Å². The summed E-state index contributed by atoms with van der Waals surface area (Å²) in [6, 6.07) is 5.14. The molecule has 108 valence electrons. The number of sulfone groups is 1. The number of rotatable bonds is 2. The molecule has 1 aromatic heterocycles. The van der Waals surface area contributed by atoms with Gasteiger partial charge in [-0.1, -0.05) is 0 Å². The van der Waals surface area contributed by atoms with Crippen LogP contribution in [0.15, 0.2) is 23.1 Å². The summed E-state index contributed by atoms with van der Waals surface area (Å²) < 4.78 is 25.3. The molecule has 1 atom stereocenters. The van der Waals surface area contributed by atoms with Crippen molar-refractivity contribution in [3.8, 4) is 0 Å². The summed E-state index contributed by atoms with van der Waals surface area (Å²) in [7, 11) is -1.21. The molecule has 1 aliphatic heterocycles. The number of nitrogens with zero attached hydrogens (tertiary/aromatic N) is 2. The highest BCUT2D eigenvalue weighted by atomic mass is 32.2. The number of hydrogen-bond acceptors (Lipinski definition) is 4. The van der Waals surface area contributed by atoms with Crippen molar-refractivity contribution in [3.05, 3.63) is 24.0 Å². The van der Waals surface area contributed by atoms with Gasteiger partial charge in [-0.3, -0.25) is 0 Å². The van der Waals surface area contributed by atoms with Crippen LogP contribution >= 0.6 is 0 Å². The standard InChI is InChI=1S/C14H19N3O2S/c1-14(7-4-8-15-14)13-16-11-9-10(20(3,18)19)5-6-12(11)17(13)2/h5-6,9,15H,4,7-8H2,1-3H3. The predicted octanol–water partition coefficient (Wildman–Crippen LogP) is 1.58. The Hall–Kier alpha value is -1.40. The fraction of sp³-hybridized carbons (Fsp3) is 0.500. The molecule has 1 N–H and O–H groups in total. The summed E-state index contributed by atoms with van der Waals surface area (Å²) in [4.78, 5) is 4.99. The molecule has 20 heavy (non-hydrogen) atoms. The van der Waals surface area contributed by atoms with E-state index in [9.17, 15) is 8.42 Å². The van der Waals surface area contributed by atoms with Crippen LogP contribution in [0.5, 0.6) is 0 Å². The lowest BCUT2D eigenvalue weighted by Crippen LogP contribution is -2.35. The normalized spacial score (nSPS) is 23.6. The molecule has 0 bridgehead atoms. The molecule has 0 radical (unpaired) electrons. The average molecular weight is 293 g/mol. The Morgan fingerprint density at radius 3 is 2.75 bits per heavy atom. The fourth-order valence-corrected chi connectivity index (χ4v) is 3.63. The van der Waals surface area contributed by atoms with Crippen molar-refractivity contribution < 1.29 is 8.42 Å². The molecule has 2 aromatic rings. The van der Waals surface area contributed by atoms with E-state index in [2.05, 4.69) is 21.8 Å². The minimum Gasteiger partial charge on any atom is -0.330 e. The Labute approximate surface area is 118 Å². The fourth-order valence-electron chi connectivity index (χ4n) is 2.99. The monoisotopic (exact) mass is 293 g/mol. The summed E-state index contributed by atoms with van der Waals surface area (Å²) in [5.41, 5.74) is 1.57. The number of aromatic nitrogens is 2. The van der Waals surface area contributed by atoms with Crippen molar-refractivity contribution in [1.82, 2.24) is 14.9 Å². The zero-order valence-electron chi connectivity index (χ0n) is 12.0. The molecule has 0 spiro atoms. The molecule has 1 aliphatic rings. The third kappa shape index (κ3) is 2.03. The van der Waals surface area contributed by atoms with Crippen molar-refractivity contribution in [2.75, 3.05) is 12.8 Å². The van der Waals surface area contributed by atoms with Crippen molar-refractivity contribution >= 4 is 20.9 Å². The van der Waals surface area contributed by atoms with Gasteiger partial charge in [-0.05, 0) is 44.5 Å². The third-order valence-corrected chi connectivity index (χ3v) is 5.25. The lowest BCUT2D eigenvalue weighted by Gasteiger charge is -2.23. The van der Waals surface area contributed by atoms with Gasteiger partial charge in [-0.25, -0.2) is 13.4 Å². The van der Waals surface area contributed by atoms with Crippen LogP contribution in [-0.2, 0) is 22.4 Å². The highest BCUT2D eigenvalue weighted by Gasteiger charge is 2.34. The van der Waals surface area contributed by atoms with E-state index in [4.69, 9.17) is 0 Å². The number of hydrogen-bond donors (Lipinski definition) is 1. The van der Waals surface area contributed by atoms with Gasteiger partial charge < -0.3 is 9.88 Å². The maximum Gasteiger partial charge on any atom is 0.175 e. The quantitative estimate of drug-likeness (QED) is 0.913. The topological polar surface area (TPSA) is 64.0 Å². The summed E-state index contributed by atoms with van der Waals surface area (Å²) in [5.74, 6) is 0.968. The first-order valence-corrected chi connectivity index (χ1v) is 8.62. The van der Waals surface area contributed by atoms with Gasteiger partial charge in [0.1, 0.15) is 5.82 Å². The van der Waals surface area contributed by atoms with Gasteiger partial charge >= 0.3 is 0 Å². The van der Waals surface area contributed by atoms with E-state index in [0.29, 0.717) is 4.90 Å². The van der Waals surface area contributed by atoms with Crippen LogP contribution in [0.4, 0.5) is 0 Å². The molecular formula is C14H19N3O2S. The van der Waals surface area contributed by atoms with Crippen molar-refractivity contribution in [3.63, 3.8) is 0 Å². The van der Waals surface area contributed by atoms with Gasteiger partial charge in [0.15, 0.2) is 9.84 Å². The molecule has 1 fully saturated rings. The van der Waals surface area contributed by atoms with Gasteiger partial charge in [-0.15, -0.1) is 0 Å². The van der Waals surface area contributed by atoms with Crippen molar-refractivity contribution in [1.29, 1.82) is 0 Å². The van der Waals surface area contributed by atoms with E-state index in [1.54, 1.807) is 12.1 Å². The molecule has 5 nitrogen and oxygen atoms in total. The van der Waals surface area contributed by atoms with Gasteiger partial charge in [-0.2, -0.15) is 0 Å². The zero-order chi connectivity index (χ0) is 14.5. The molecule has 1 aromatic carbocycles. The van der Waals surface area contributed by atoms with Gasteiger partial charge in [0, 0.05) is 13.3 Å². The van der Waals surface area contributed by atoms with Gasteiger partial charge in [0.25, 0.3) is 0 Å². The Kier molecular flexibility index (Phi) is 2.92. The van der Waals surface area contributed by atoms with Crippen LogP contribution in [0.3, 0.4) is 0 Å². The molecule has 0 saturated carbocycles. The maximum absolute atomic E-state index is 11.6. The van der Waals surface area contributed by atoms with E-state index in [1.165, 1.54) is 6.26 Å². The third-order valence-electron chi connectivity index (χ3n) is 4.14. The van der Waals surface area contributed by atoms with E-state index in [-0.39, 0.29) is 5.54 Å². The number of benzene rings is 1. The lowest BCUT2D eigenvalue weighted by molar-refractivity contribution is 0.397. The van der Waals surface area contributed by atoms with E-state index in [0.717, 1.165) is 36.2 Å². The molecule has 3 rings (SSSR count). The van der Waals surface area contributed by atoms with Crippen molar-refractivity contribution in [2.24, 2.45) is 7.05 Å². The summed E-state index contributed by atoms with van der Waals surface area (Å²) in [5, 5.41) is 3.49. The largest absolute Gasteiger partial charge is 0.330 e. The number of fused-ring (bicyclic) bond motifs is 1. The second-order valence-corrected chi connectivity index (χ2v) is 7.80. The van der Waals surface area contributed by atoms with Crippen LogP contribution in [-0.4, -0.2) is 30.8 Å². The number of imidazole rings is 1. The first-order valence-electron chi connectivity index (χ1n) is 6.73. The molecule has 0 amide bonds. The smallest absolute Gasteiger partial charge is 0.175 e. The van der Waals surface area contributed by atoms with Gasteiger partial charge in [0.05, 0.1) is 21.5 Å². The second kappa shape index (κ2) is 4.30. The highest BCUT2D eigenvalue weighted by molar-refractivity contribution is 7.90. The lowest BCUT2D eigenvalue weighted by atomic mass is 9.99. The molecule has 0 aliphatic carbocycles. The SMILES string of the molecule is Cn1c(C2(C)CCCN2)nc2cc(S(C)(=O)=O)ccc21. The Morgan fingerprint density at radius 1 is 1.40 bits per heavy atom. The van der Waals surface area contributed by atoms with Crippen LogP contribution < -0.4 is 5.32 Å². The highest BCUT2D eigenvalue weighted by Crippen LogP contribution is 2.32. The van der Waals surface area contributed by atoms with Crippen molar-refractivity contribution in [2.45, 2.75) is 30.2 Å². The van der Waals surface area contributed by atoms with E-state index >= 15 is 0 Å². The summed E-state index contributed by atoms with van der Waals surface area (Å²) >= 11 is 0. The number of aryl methyl sites for hydroxylation is 1. The first kappa shape index (κ1) is 13.6. The number of nitrogens with one attached hydrogen (secondary N) is 1.